The van der Waals surface area contributed by atoms with Crippen molar-refractivity contribution in [2.45, 2.75) is 39.3 Å². The first kappa shape index (κ1) is 15.8. The van der Waals surface area contributed by atoms with Crippen LogP contribution in [0.25, 0.3) is 0 Å². The number of carbonyl (C=O) groups excluding carboxylic acids is 2. The van der Waals surface area contributed by atoms with Crippen LogP contribution < -0.4 is 5.32 Å². The average molecular weight is 272 g/mol. The van der Waals surface area contributed by atoms with Crippen LogP contribution in [0.15, 0.2) is 0 Å². The van der Waals surface area contributed by atoms with E-state index in [4.69, 9.17) is 0 Å². The summed E-state index contributed by atoms with van der Waals surface area (Å²) >= 11 is 0. The molecule has 1 fully saturated rings. The molecule has 0 aliphatic carbocycles. The van der Waals surface area contributed by atoms with E-state index in [1.165, 1.54) is 7.11 Å². The van der Waals surface area contributed by atoms with E-state index in [1.54, 1.807) is 11.8 Å². The summed E-state index contributed by atoms with van der Waals surface area (Å²) in [7, 11) is 1.31. The molecule has 0 aromatic rings. The van der Waals surface area contributed by atoms with E-state index in [9.17, 15) is 14.7 Å². The summed E-state index contributed by atoms with van der Waals surface area (Å²) in [5, 5.41) is 12.5. The van der Waals surface area contributed by atoms with E-state index in [2.05, 4.69) is 10.1 Å². The Bertz CT molecular complexity index is 331. The number of nitrogens with zero attached hydrogens (tertiary/aromatic N) is 1. The van der Waals surface area contributed by atoms with Gasteiger partial charge in [0.05, 0.1) is 19.3 Å². The maximum atomic E-state index is 12.1. The molecule has 1 heterocycles. The van der Waals surface area contributed by atoms with Gasteiger partial charge in [0.2, 0.25) is 5.91 Å². The van der Waals surface area contributed by atoms with E-state index in [0.29, 0.717) is 19.5 Å². The van der Waals surface area contributed by atoms with Gasteiger partial charge in [-0.05, 0) is 13.3 Å². The van der Waals surface area contributed by atoms with Crippen molar-refractivity contribution in [1.82, 2.24) is 10.2 Å². The third-order valence-corrected chi connectivity index (χ3v) is 3.48. The first-order valence-corrected chi connectivity index (χ1v) is 6.66. The minimum Gasteiger partial charge on any atom is -0.453 e. The summed E-state index contributed by atoms with van der Waals surface area (Å²) in [6, 6.07) is -0.177. The van der Waals surface area contributed by atoms with Gasteiger partial charge in [0.1, 0.15) is 0 Å². The first-order valence-electron chi connectivity index (χ1n) is 6.66. The molecule has 0 saturated carbocycles. The maximum absolute atomic E-state index is 12.1. The molecule has 0 bridgehead atoms. The number of likely N-dealkylation sites (tertiary alicyclic amines) is 1. The van der Waals surface area contributed by atoms with Gasteiger partial charge in [-0.3, -0.25) is 4.79 Å². The molecule has 1 aliphatic rings. The highest BCUT2D eigenvalue weighted by Crippen LogP contribution is 2.21. The van der Waals surface area contributed by atoms with Gasteiger partial charge in [-0.15, -0.1) is 0 Å². The van der Waals surface area contributed by atoms with E-state index in [1.807, 2.05) is 13.8 Å². The third-order valence-electron chi connectivity index (χ3n) is 3.48. The van der Waals surface area contributed by atoms with Crippen LogP contribution in [0.4, 0.5) is 4.79 Å². The van der Waals surface area contributed by atoms with Gasteiger partial charge in [0.25, 0.3) is 0 Å². The normalized spacial score (nSPS) is 25.1. The molecule has 0 spiro atoms. The van der Waals surface area contributed by atoms with Gasteiger partial charge >= 0.3 is 6.09 Å². The molecule has 19 heavy (non-hydrogen) atoms. The Morgan fingerprint density at radius 3 is 2.42 bits per heavy atom. The molecule has 0 radical (unpaired) electrons. The lowest BCUT2D eigenvalue weighted by atomic mass is 9.89. The minimum absolute atomic E-state index is 0.0291. The summed E-state index contributed by atoms with van der Waals surface area (Å²) in [6.45, 7) is 6.40. The van der Waals surface area contributed by atoms with Crippen molar-refractivity contribution in [2.75, 3.05) is 20.2 Å². The van der Waals surface area contributed by atoms with Gasteiger partial charge in [-0.25, -0.2) is 4.79 Å². The molecule has 3 atom stereocenters. The Morgan fingerprint density at radius 2 is 1.95 bits per heavy atom. The zero-order valence-corrected chi connectivity index (χ0v) is 12.0. The second-order valence-electron chi connectivity index (χ2n) is 5.47. The fourth-order valence-corrected chi connectivity index (χ4v) is 2.36. The van der Waals surface area contributed by atoms with Crippen molar-refractivity contribution in [3.05, 3.63) is 0 Å². The second-order valence-corrected chi connectivity index (χ2v) is 5.47. The highest BCUT2D eigenvalue weighted by atomic mass is 16.5. The van der Waals surface area contributed by atoms with Crippen LogP contribution in [0.3, 0.4) is 0 Å². The highest BCUT2D eigenvalue weighted by molar-refractivity contribution is 5.78. The van der Waals surface area contributed by atoms with E-state index in [-0.39, 0.29) is 23.8 Å². The molecule has 110 valence electrons. The Hall–Kier alpha value is -1.30. The summed E-state index contributed by atoms with van der Waals surface area (Å²) in [5.74, 6) is -0.0767. The number of aliphatic hydroxyl groups is 1. The fraction of sp³-hybridized carbons (Fsp3) is 0.846. The monoisotopic (exact) mass is 272 g/mol. The maximum Gasteiger partial charge on any atom is 0.407 e. The number of aliphatic hydroxyl groups excluding tert-OH is 1. The molecule has 1 saturated heterocycles. The van der Waals surface area contributed by atoms with E-state index >= 15 is 0 Å². The molecule has 2 N–H and O–H groups in total. The van der Waals surface area contributed by atoms with Gasteiger partial charge in [0, 0.05) is 24.9 Å². The SMILES string of the molecule is COC(=O)NC1CC(C(C)O)CN(C(=O)C(C)C)C1. The molecule has 2 amide bonds. The summed E-state index contributed by atoms with van der Waals surface area (Å²) < 4.78 is 4.58. The lowest BCUT2D eigenvalue weighted by molar-refractivity contribution is -0.137. The Balaban J connectivity index is 2.73. The Labute approximate surface area is 114 Å². The highest BCUT2D eigenvalue weighted by Gasteiger charge is 2.33. The van der Waals surface area contributed by atoms with Crippen molar-refractivity contribution in [3.63, 3.8) is 0 Å². The standard InChI is InChI=1S/C13H24N2O4/c1-8(2)12(17)15-6-10(9(3)16)5-11(7-15)14-13(18)19-4/h8-11,16H,5-7H2,1-4H3,(H,14,18). The van der Waals surface area contributed by atoms with Crippen LogP contribution in [-0.4, -0.2) is 54.4 Å². The largest absolute Gasteiger partial charge is 0.453 e. The topological polar surface area (TPSA) is 78.9 Å². The summed E-state index contributed by atoms with van der Waals surface area (Å²) in [5.41, 5.74) is 0. The Morgan fingerprint density at radius 1 is 1.32 bits per heavy atom. The van der Waals surface area contributed by atoms with Crippen molar-refractivity contribution >= 4 is 12.0 Å². The van der Waals surface area contributed by atoms with Gasteiger partial charge in [-0.1, -0.05) is 13.8 Å². The lowest BCUT2D eigenvalue weighted by Crippen LogP contribution is -2.55. The number of rotatable bonds is 3. The number of methoxy groups -OCH3 is 1. The predicted octanol–water partition coefficient (Wildman–Crippen LogP) is 0.596. The van der Waals surface area contributed by atoms with Gasteiger partial charge in [-0.2, -0.15) is 0 Å². The number of alkyl carbamates (subject to hydrolysis) is 1. The molecule has 6 heteroatoms. The van der Waals surface area contributed by atoms with E-state index in [0.717, 1.165) is 0 Å². The first-order chi connectivity index (χ1) is 8.85. The molecule has 6 nitrogen and oxygen atoms in total. The van der Waals surface area contributed by atoms with E-state index < -0.39 is 12.2 Å². The quantitative estimate of drug-likeness (QED) is 0.788. The lowest BCUT2D eigenvalue weighted by Gasteiger charge is -2.39. The molecule has 1 rings (SSSR count). The zero-order valence-electron chi connectivity index (χ0n) is 12.0. The number of amides is 2. The van der Waals surface area contributed by atoms with Crippen molar-refractivity contribution in [3.8, 4) is 0 Å². The zero-order chi connectivity index (χ0) is 14.6. The van der Waals surface area contributed by atoms with Crippen LogP contribution in [0.1, 0.15) is 27.2 Å². The molecule has 1 aliphatic heterocycles. The van der Waals surface area contributed by atoms with Crippen LogP contribution in [0.5, 0.6) is 0 Å². The second kappa shape index (κ2) is 6.75. The summed E-state index contributed by atoms with van der Waals surface area (Å²) in [4.78, 5) is 25.0. The number of nitrogens with one attached hydrogen (secondary N) is 1. The van der Waals surface area contributed by atoms with Crippen molar-refractivity contribution in [2.24, 2.45) is 11.8 Å². The number of hydrogen-bond acceptors (Lipinski definition) is 4. The van der Waals surface area contributed by atoms with Crippen LogP contribution >= 0.6 is 0 Å². The predicted molar refractivity (Wildman–Crippen MR) is 70.5 cm³/mol. The van der Waals surface area contributed by atoms with Gasteiger partial charge in [0.15, 0.2) is 0 Å². The number of piperidine rings is 1. The number of carbonyl (C=O) groups is 2. The summed E-state index contributed by atoms with van der Waals surface area (Å²) in [6.07, 6.45) is -0.368. The number of hydrogen-bond donors (Lipinski definition) is 2. The molecule has 0 aromatic carbocycles. The third kappa shape index (κ3) is 4.38. The molecular formula is C13H24N2O4. The van der Waals surface area contributed by atoms with Crippen LogP contribution in [0.2, 0.25) is 0 Å². The van der Waals surface area contributed by atoms with Crippen molar-refractivity contribution in [1.29, 1.82) is 0 Å². The van der Waals surface area contributed by atoms with Crippen molar-refractivity contribution < 1.29 is 19.4 Å². The smallest absolute Gasteiger partial charge is 0.407 e. The number of ether oxygens (including phenoxy) is 1. The molecule has 3 unspecified atom stereocenters. The fourth-order valence-electron chi connectivity index (χ4n) is 2.36. The molecule has 0 aromatic heterocycles. The average Bonchev–Trinajstić information content (AvgIpc) is 2.36. The minimum atomic E-state index is -0.510. The van der Waals surface area contributed by atoms with Crippen LogP contribution in [-0.2, 0) is 9.53 Å². The molecular weight excluding hydrogens is 248 g/mol. The van der Waals surface area contributed by atoms with Crippen LogP contribution in [0, 0.1) is 11.8 Å². The van der Waals surface area contributed by atoms with Gasteiger partial charge < -0.3 is 20.1 Å². The Kier molecular flexibility index (Phi) is 5.60.